The number of carbonyl (C=O) groups excluding carboxylic acids is 2. The van der Waals surface area contributed by atoms with Crippen molar-refractivity contribution in [1.29, 1.82) is 0 Å². The highest BCUT2D eigenvalue weighted by Crippen LogP contribution is 2.34. The van der Waals surface area contributed by atoms with E-state index < -0.39 is 0 Å². The Labute approximate surface area is 166 Å². The molecule has 9 heteroatoms. The summed E-state index contributed by atoms with van der Waals surface area (Å²) < 4.78 is 0.879. The van der Waals surface area contributed by atoms with Crippen molar-refractivity contribution in [3.63, 3.8) is 0 Å². The van der Waals surface area contributed by atoms with Gasteiger partial charge in [0.15, 0.2) is 0 Å². The third kappa shape index (κ3) is 4.22. The van der Waals surface area contributed by atoms with Crippen molar-refractivity contribution in [1.82, 2.24) is 20.8 Å². The quantitative estimate of drug-likeness (QED) is 0.360. The van der Waals surface area contributed by atoms with Crippen molar-refractivity contribution < 1.29 is 9.59 Å². The lowest BCUT2D eigenvalue weighted by molar-refractivity contribution is -0.119. The lowest BCUT2D eigenvalue weighted by Crippen LogP contribution is -2.42. The fraction of sp³-hybridized carbons (Fsp3) is 0.176. The van der Waals surface area contributed by atoms with Crippen molar-refractivity contribution >= 4 is 61.1 Å². The molecule has 2 N–H and O–H groups in total. The van der Waals surface area contributed by atoms with Crippen LogP contribution < -0.4 is 10.9 Å². The Bertz CT molecular complexity index is 973. The van der Waals surface area contributed by atoms with Crippen LogP contribution in [0.15, 0.2) is 40.1 Å². The van der Waals surface area contributed by atoms with Gasteiger partial charge in [-0.2, -0.15) is 0 Å². The third-order valence-electron chi connectivity index (χ3n) is 3.69. The minimum Gasteiger partial charge on any atom is -0.272 e. The van der Waals surface area contributed by atoms with E-state index in [2.05, 4.69) is 36.7 Å². The number of aryl methyl sites for hydroxylation is 2. The zero-order chi connectivity index (χ0) is 18.7. The molecule has 0 spiro atoms. The molecule has 0 aliphatic heterocycles. The summed E-state index contributed by atoms with van der Waals surface area (Å²) in [7, 11) is 0. The monoisotopic (exact) mass is 450 g/mol. The number of benzene rings is 1. The molecule has 0 bridgehead atoms. The number of nitrogens with zero attached hydrogens (tertiary/aromatic N) is 2. The molecule has 0 fully saturated rings. The highest BCUT2D eigenvalue weighted by atomic mass is 79.9. The van der Waals surface area contributed by atoms with Crippen LogP contribution in [0.1, 0.15) is 20.8 Å². The fourth-order valence-corrected chi connectivity index (χ4v) is 4.41. The van der Waals surface area contributed by atoms with Gasteiger partial charge < -0.3 is 0 Å². The molecular weight excluding hydrogens is 436 g/mol. The molecule has 0 saturated heterocycles. The predicted molar refractivity (Wildman–Crippen MR) is 107 cm³/mol. The van der Waals surface area contributed by atoms with E-state index in [9.17, 15) is 9.59 Å². The van der Waals surface area contributed by atoms with Crippen molar-refractivity contribution in [3.8, 4) is 0 Å². The number of halogens is 1. The summed E-state index contributed by atoms with van der Waals surface area (Å²) in [5.74, 6) is -0.539. The largest absolute Gasteiger partial charge is 0.272 e. The molecule has 6 nitrogen and oxygen atoms in total. The number of nitrogens with one attached hydrogen (secondary N) is 2. The molecule has 0 aliphatic rings. The second-order valence-corrected chi connectivity index (χ2v) is 8.52. The van der Waals surface area contributed by atoms with E-state index in [1.54, 1.807) is 35.6 Å². The Morgan fingerprint density at radius 1 is 1.15 bits per heavy atom. The van der Waals surface area contributed by atoms with E-state index in [4.69, 9.17) is 0 Å². The molecule has 3 aromatic rings. The van der Waals surface area contributed by atoms with Crippen LogP contribution in [0.3, 0.4) is 0 Å². The summed E-state index contributed by atoms with van der Waals surface area (Å²) in [6.07, 6.45) is 1.51. The standard InChI is InChI=1S/C17H15BrN4O2S2/c1-9-10(2)26-17-14(9)16(19-8-20-17)25-7-13(23)21-22-15(24)11-3-5-12(18)6-4-11/h3-6,8H,7H2,1-2H3,(H,21,23)(H,22,24). The lowest BCUT2D eigenvalue weighted by Gasteiger charge is -2.07. The number of amides is 2. The zero-order valence-corrected chi connectivity index (χ0v) is 17.2. The van der Waals surface area contributed by atoms with Gasteiger partial charge in [0.1, 0.15) is 16.2 Å². The Balaban J connectivity index is 1.58. The topological polar surface area (TPSA) is 84.0 Å². The smallest absolute Gasteiger partial charge is 0.269 e. The summed E-state index contributed by atoms with van der Waals surface area (Å²) in [6, 6.07) is 6.86. The number of hydrogen-bond donors (Lipinski definition) is 2. The molecule has 2 aromatic heterocycles. The summed E-state index contributed by atoms with van der Waals surface area (Å²) >= 11 is 6.24. The van der Waals surface area contributed by atoms with Gasteiger partial charge in [-0.1, -0.05) is 27.7 Å². The van der Waals surface area contributed by atoms with Gasteiger partial charge in [-0.25, -0.2) is 9.97 Å². The Morgan fingerprint density at radius 2 is 1.88 bits per heavy atom. The summed E-state index contributed by atoms with van der Waals surface area (Å²) in [5, 5.41) is 1.76. The maximum Gasteiger partial charge on any atom is 0.269 e. The van der Waals surface area contributed by atoms with Crippen LogP contribution in [0.25, 0.3) is 10.2 Å². The maximum atomic E-state index is 12.0. The van der Waals surface area contributed by atoms with E-state index in [1.165, 1.54) is 23.0 Å². The molecular formula is C17H15BrN4O2S2. The molecule has 3 rings (SSSR count). The molecule has 2 amide bonds. The van der Waals surface area contributed by atoms with E-state index in [-0.39, 0.29) is 17.6 Å². The SMILES string of the molecule is Cc1sc2ncnc(SCC(=O)NNC(=O)c3ccc(Br)cc3)c2c1C. The van der Waals surface area contributed by atoms with Crippen molar-refractivity contribution in [3.05, 3.63) is 51.1 Å². The van der Waals surface area contributed by atoms with Gasteiger partial charge in [-0.3, -0.25) is 20.4 Å². The van der Waals surface area contributed by atoms with Crippen LogP contribution in [0.4, 0.5) is 0 Å². The number of rotatable bonds is 4. The Morgan fingerprint density at radius 3 is 2.62 bits per heavy atom. The molecule has 2 heterocycles. The summed E-state index contributed by atoms with van der Waals surface area (Å²) in [4.78, 5) is 34.7. The van der Waals surface area contributed by atoms with Gasteiger partial charge in [-0.15, -0.1) is 11.3 Å². The summed E-state index contributed by atoms with van der Waals surface area (Å²) in [5.41, 5.74) is 6.43. The first-order valence-electron chi connectivity index (χ1n) is 7.64. The van der Waals surface area contributed by atoms with Crippen LogP contribution in [-0.4, -0.2) is 27.5 Å². The normalized spacial score (nSPS) is 10.7. The lowest BCUT2D eigenvalue weighted by atomic mass is 10.2. The number of hydrogen-bond acceptors (Lipinski definition) is 6. The molecule has 0 aliphatic carbocycles. The van der Waals surface area contributed by atoms with Crippen molar-refractivity contribution in [2.45, 2.75) is 18.9 Å². The van der Waals surface area contributed by atoms with Gasteiger partial charge >= 0.3 is 0 Å². The van der Waals surface area contributed by atoms with Crippen LogP contribution in [0.2, 0.25) is 0 Å². The first-order chi connectivity index (χ1) is 12.5. The number of aromatic nitrogens is 2. The van der Waals surface area contributed by atoms with E-state index >= 15 is 0 Å². The molecule has 0 saturated carbocycles. The molecule has 1 aromatic carbocycles. The fourth-order valence-electron chi connectivity index (χ4n) is 2.23. The molecule has 0 unspecified atom stereocenters. The summed E-state index contributed by atoms with van der Waals surface area (Å²) in [6.45, 7) is 4.07. The number of carbonyl (C=O) groups is 2. The van der Waals surface area contributed by atoms with Crippen LogP contribution in [0, 0.1) is 13.8 Å². The second kappa shape index (κ2) is 8.15. The van der Waals surface area contributed by atoms with E-state index in [0.29, 0.717) is 5.56 Å². The Hall–Kier alpha value is -1.97. The number of thioether (sulfide) groups is 1. The minimum atomic E-state index is -0.371. The predicted octanol–water partition coefficient (Wildman–Crippen LogP) is 3.62. The van der Waals surface area contributed by atoms with Gasteiger partial charge in [0.05, 0.1) is 5.75 Å². The number of hydrazine groups is 1. The zero-order valence-electron chi connectivity index (χ0n) is 14.0. The highest BCUT2D eigenvalue weighted by molar-refractivity contribution is 9.10. The first-order valence-corrected chi connectivity index (χ1v) is 10.2. The van der Waals surface area contributed by atoms with Gasteiger partial charge in [-0.05, 0) is 43.7 Å². The number of fused-ring (bicyclic) bond motifs is 1. The molecule has 26 heavy (non-hydrogen) atoms. The second-order valence-electron chi connectivity index (χ2n) is 5.44. The van der Waals surface area contributed by atoms with Crippen LogP contribution in [0.5, 0.6) is 0 Å². The minimum absolute atomic E-state index is 0.140. The van der Waals surface area contributed by atoms with E-state index in [1.807, 2.05) is 13.8 Å². The van der Waals surface area contributed by atoms with Crippen molar-refractivity contribution in [2.24, 2.45) is 0 Å². The average molecular weight is 451 g/mol. The van der Waals surface area contributed by atoms with Gasteiger partial charge in [0.2, 0.25) is 5.91 Å². The van der Waals surface area contributed by atoms with E-state index in [0.717, 1.165) is 25.3 Å². The number of thiophene rings is 1. The molecule has 0 atom stereocenters. The third-order valence-corrected chi connectivity index (χ3v) is 6.33. The van der Waals surface area contributed by atoms with Gasteiger partial charge in [0.25, 0.3) is 5.91 Å². The molecule has 0 radical (unpaired) electrons. The Kier molecular flexibility index (Phi) is 5.90. The van der Waals surface area contributed by atoms with Gasteiger partial charge in [0, 0.05) is 20.3 Å². The molecule has 134 valence electrons. The van der Waals surface area contributed by atoms with Crippen molar-refractivity contribution in [2.75, 3.05) is 5.75 Å². The average Bonchev–Trinajstić information content (AvgIpc) is 2.93. The highest BCUT2D eigenvalue weighted by Gasteiger charge is 2.14. The van der Waals surface area contributed by atoms with Crippen LogP contribution >= 0.6 is 39.0 Å². The first kappa shape index (κ1) is 18.8. The maximum absolute atomic E-state index is 12.0. The van der Waals surface area contributed by atoms with Crippen LogP contribution in [-0.2, 0) is 4.79 Å².